The van der Waals surface area contributed by atoms with Crippen LogP contribution in [0.1, 0.15) is 61.6 Å². The Bertz CT molecular complexity index is 325. The van der Waals surface area contributed by atoms with Crippen LogP contribution in [0.25, 0.3) is 0 Å². The fourth-order valence-electron chi connectivity index (χ4n) is 2.73. The maximum absolute atomic E-state index is 9.02. The highest BCUT2D eigenvalue weighted by molar-refractivity contribution is 5.27. The van der Waals surface area contributed by atoms with Crippen LogP contribution in [0.5, 0.6) is 0 Å². The van der Waals surface area contributed by atoms with Crippen LogP contribution >= 0.6 is 0 Å². The molecule has 3 N–H and O–H groups in total. The van der Waals surface area contributed by atoms with E-state index in [0.29, 0.717) is 0 Å². The van der Waals surface area contributed by atoms with E-state index in [1.807, 2.05) is 0 Å². The Hall–Kier alpha value is -0.860. The Kier molecular flexibility index (Phi) is 4.57. The second kappa shape index (κ2) is 6.18. The molecule has 1 fully saturated rings. The van der Waals surface area contributed by atoms with Crippen LogP contribution < -0.4 is 5.73 Å². The quantitative estimate of drug-likeness (QED) is 0.788. The molecule has 0 spiro atoms. The lowest BCUT2D eigenvalue weighted by Gasteiger charge is -2.16. The molecule has 0 bridgehead atoms. The molecule has 0 saturated heterocycles. The number of aliphatic hydroxyl groups excluding tert-OH is 1. The SMILES string of the molecule is NC(CO)c1ccc(C2CCCCCC2)cc1. The molecule has 94 valence electrons. The Labute approximate surface area is 104 Å². The van der Waals surface area contributed by atoms with Crippen molar-refractivity contribution in [1.82, 2.24) is 0 Å². The molecule has 0 radical (unpaired) electrons. The highest BCUT2D eigenvalue weighted by Crippen LogP contribution is 2.31. The lowest BCUT2D eigenvalue weighted by Crippen LogP contribution is -2.14. The summed E-state index contributed by atoms with van der Waals surface area (Å²) in [6.07, 6.45) is 8.16. The molecule has 0 amide bonds. The van der Waals surface area contributed by atoms with Crippen LogP contribution in [-0.4, -0.2) is 11.7 Å². The van der Waals surface area contributed by atoms with Crippen LogP contribution in [-0.2, 0) is 0 Å². The molecule has 1 saturated carbocycles. The maximum Gasteiger partial charge on any atom is 0.0624 e. The number of benzene rings is 1. The Morgan fingerprint density at radius 1 is 1.06 bits per heavy atom. The third kappa shape index (κ3) is 3.30. The van der Waals surface area contributed by atoms with E-state index in [1.165, 1.54) is 44.1 Å². The largest absolute Gasteiger partial charge is 0.394 e. The average molecular weight is 233 g/mol. The highest BCUT2D eigenvalue weighted by Gasteiger charge is 2.14. The number of nitrogens with two attached hydrogens (primary N) is 1. The number of hydrogen-bond acceptors (Lipinski definition) is 2. The van der Waals surface area contributed by atoms with E-state index in [9.17, 15) is 0 Å². The first-order valence-electron chi connectivity index (χ1n) is 6.77. The van der Waals surface area contributed by atoms with E-state index in [2.05, 4.69) is 24.3 Å². The van der Waals surface area contributed by atoms with Gasteiger partial charge < -0.3 is 10.8 Å². The standard InChI is InChI=1S/C15H23NO/c16-15(11-17)14-9-7-13(8-10-14)12-5-3-1-2-4-6-12/h7-10,12,15,17H,1-6,11,16H2. The number of aliphatic hydroxyl groups is 1. The Morgan fingerprint density at radius 3 is 2.18 bits per heavy atom. The minimum atomic E-state index is -0.238. The van der Waals surface area contributed by atoms with Gasteiger partial charge in [-0.3, -0.25) is 0 Å². The first-order valence-corrected chi connectivity index (χ1v) is 6.77. The zero-order chi connectivity index (χ0) is 12.1. The molecule has 2 heteroatoms. The molecule has 1 aromatic rings. The Morgan fingerprint density at radius 2 is 1.65 bits per heavy atom. The summed E-state index contributed by atoms with van der Waals surface area (Å²) in [5, 5.41) is 9.02. The maximum atomic E-state index is 9.02. The van der Waals surface area contributed by atoms with Gasteiger partial charge in [-0.05, 0) is 29.9 Å². The highest BCUT2D eigenvalue weighted by atomic mass is 16.3. The van der Waals surface area contributed by atoms with Crippen LogP contribution in [0.2, 0.25) is 0 Å². The third-order valence-corrected chi connectivity index (χ3v) is 3.89. The van der Waals surface area contributed by atoms with Crippen molar-refractivity contribution in [3.8, 4) is 0 Å². The third-order valence-electron chi connectivity index (χ3n) is 3.89. The molecule has 1 aromatic carbocycles. The van der Waals surface area contributed by atoms with Gasteiger partial charge in [0, 0.05) is 0 Å². The van der Waals surface area contributed by atoms with E-state index in [-0.39, 0.29) is 12.6 Å². The second-order valence-electron chi connectivity index (χ2n) is 5.14. The second-order valence-corrected chi connectivity index (χ2v) is 5.14. The minimum absolute atomic E-state index is 0.0166. The fourth-order valence-corrected chi connectivity index (χ4v) is 2.73. The van der Waals surface area contributed by atoms with E-state index < -0.39 is 0 Å². The van der Waals surface area contributed by atoms with Crippen molar-refractivity contribution < 1.29 is 5.11 Å². The first kappa shape index (κ1) is 12.6. The van der Waals surface area contributed by atoms with Gasteiger partial charge in [0.2, 0.25) is 0 Å². The van der Waals surface area contributed by atoms with Crippen LogP contribution in [0.15, 0.2) is 24.3 Å². The molecule has 1 atom stereocenters. The normalized spacial score (nSPS) is 19.9. The molecule has 1 unspecified atom stereocenters. The van der Waals surface area contributed by atoms with Crippen molar-refractivity contribution in [2.45, 2.75) is 50.5 Å². The molecule has 1 aliphatic rings. The lowest BCUT2D eigenvalue weighted by atomic mass is 9.91. The van der Waals surface area contributed by atoms with E-state index in [4.69, 9.17) is 10.8 Å². The van der Waals surface area contributed by atoms with Gasteiger partial charge in [0.1, 0.15) is 0 Å². The molecule has 2 nitrogen and oxygen atoms in total. The molecular formula is C15H23NO. The fraction of sp³-hybridized carbons (Fsp3) is 0.600. The molecule has 0 heterocycles. The van der Waals surface area contributed by atoms with Crippen molar-refractivity contribution >= 4 is 0 Å². The average Bonchev–Trinajstić information content (AvgIpc) is 2.67. The van der Waals surface area contributed by atoms with Gasteiger partial charge in [0.05, 0.1) is 12.6 Å². The number of hydrogen-bond donors (Lipinski definition) is 2. The molecule has 0 aliphatic heterocycles. The van der Waals surface area contributed by atoms with Crippen LogP contribution in [0.3, 0.4) is 0 Å². The Balaban J connectivity index is 2.05. The van der Waals surface area contributed by atoms with Crippen molar-refractivity contribution in [2.24, 2.45) is 5.73 Å². The van der Waals surface area contributed by atoms with E-state index >= 15 is 0 Å². The van der Waals surface area contributed by atoms with Gasteiger partial charge >= 0.3 is 0 Å². The molecule has 17 heavy (non-hydrogen) atoms. The topological polar surface area (TPSA) is 46.2 Å². The summed E-state index contributed by atoms with van der Waals surface area (Å²) in [5.41, 5.74) is 8.28. The van der Waals surface area contributed by atoms with Gasteiger partial charge in [-0.1, -0.05) is 49.9 Å². The number of rotatable bonds is 3. The summed E-state index contributed by atoms with van der Waals surface area (Å²) >= 11 is 0. The monoisotopic (exact) mass is 233 g/mol. The van der Waals surface area contributed by atoms with Crippen LogP contribution in [0, 0.1) is 0 Å². The summed E-state index contributed by atoms with van der Waals surface area (Å²) in [7, 11) is 0. The minimum Gasteiger partial charge on any atom is -0.394 e. The van der Waals surface area contributed by atoms with Gasteiger partial charge in [0.15, 0.2) is 0 Å². The first-order chi connectivity index (χ1) is 8.31. The predicted molar refractivity (Wildman–Crippen MR) is 70.9 cm³/mol. The zero-order valence-corrected chi connectivity index (χ0v) is 10.4. The molecule has 0 aromatic heterocycles. The van der Waals surface area contributed by atoms with Crippen molar-refractivity contribution in [3.63, 3.8) is 0 Å². The van der Waals surface area contributed by atoms with Crippen molar-refractivity contribution in [2.75, 3.05) is 6.61 Å². The van der Waals surface area contributed by atoms with Gasteiger partial charge in [0.25, 0.3) is 0 Å². The van der Waals surface area contributed by atoms with E-state index in [1.54, 1.807) is 0 Å². The summed E-state index contributed by atoms with van der Waals surface area (Å²) in [4.78, 5) is 0. The van der Waals surface area contributed by atoms with Crippen molar-refractivity contribution in [1.29, 1.82) is 0 Å². The zero-order valence-electron chi connectivity index (χ0n) is 10.4. The summed E-state index contributed by atoms with van der Waals surface area (Å²) in [6.45, 7) is 0.0166. The van der Waals surface area contributed by atoms with Gasteiger partial charge in [-0.2, -0.15) is 0 Å². The van der Waals surface area contributed by atoms with Crippen molar-refractivity contribution in [3.05, 3.63) is 35.4 Å². The summed E-state index contributed by atoms with van der Waals surface area (Å²) in [6, 6.07) is 8.29. The smallest absolute Gasteiger partial charge is 0.0624 e. The van der Waals surface area contributed by atoms with Crippen LogP contribution in [0.4, 0.5) is 0 Å². The predicted octanol–water partition coefficient (Wildman–Crippen LogP) is 3.12. The molecule has 2 rings (SSSR count). The molecule has 1 aliphatic carbocycles. The van der Waals surface area contributed by atoms with Gasteiger partial charge in [-0.25, -0.2) is 0 Å². The van der Waals surface area contributed by atoms with E-state index in [0.717, 1.165) is 11.5 Å². The summed E-state index contributed by atoms with van der Waals surface area (Å²) < 4.78 is 0. The lowest BCUT2D eigenvalue weighted by molar-refractivity contribution is 0.268. The molecular weight excluding hydrogens is 210 g/mol. The summed E-state index contributed by atoms with van der Waals surface area (Å²) in [5.74, 6) is 0.733. The van der Waals surface area contributed by atoms with Gasteiger partial charge in [-0.15, -0.1) is 0 Å².